The Labute approximate surface area is 143 Å². The van der Waals surface area contributed by atoms with Gasteiger partial charge >= 0.3 is 0 Å². The maximum absolute atomic E-state index is 12.3. The second-order valence-corrected chi connectivity index (χ2v) is 6.66. The van der Waals surface area contributed by atoms with Gasteiger partial charge in [0.2, 0.25) is 11.8 Å². The van der Waals surface area contributed by atoms with E-state index in [0.717, 1.165) is 57.2 Å². The van der Waals surface area contributed by atoms with Crippen LogP contribution in [0.3, 0.4) is 0 Å². The summed E-state index contributed by atoms with van der Waals surface area (Å²) in [4.78, 5) is 23.1. The summed E-state index contributed by atoms with van der Waals surface area (Å²) >= 11 is 0. The highest BCUT2D eigenvalue weighted by Gasteiger charge is 2.29. The van der Waals surface area contributed by atoms with Crippen molar-refractivity contribution >= 4 is 5.91 Å². The van der Waals surface area contributed by atoms with E-state index in [2.05, 4.69) is 28.8 Å². The van der Waals surface area contributed by atoms with E-state index in [4.69, 9.17) is 9.15 Å². The number of aryl methyl sites for hydroxylation is 1. The molecule has 0 spiro atoms. The van der Waals surface area contributed by atoms with Crippen LogP contribution in [0.4, 0.5) is 0 Å². The molecule has 1 amide bonds. The predicted molar refractivity (Wildman–Crippen MR) is 89.6 cm³/mol. The normalized spacial score (nSPS) is 22.5. The molecule has 3 rings (SSSR count). The largest absolute Gasteiger partial charge is 0.444 e. The standard InChI is InChI=1S/C17H28N4O3/c1-3-15-10-18-16(24-15)12-19(2)14-4-5-20(11-14)13-17(22)21-6-8-23-9-7-21/h10,14H,3-9,11-13H2,1-2H3/t14-/m0/s1. The Hall–Kier alpha value is -1.44. The first kappa shape index (κ1) is 17.4. The predicted octanol–water partition coefficient (Wildman–Crippen LogP) is 0.602. The Kier molecular flexibility index (Phi) is 5.86. The number of oxazole rings is 1. The monoisotopic (exact) mass is 336 g/mol. The number of nitrogens with zero attached hydrogens (tertiary/aromatic N) is 4. The number of amides is 1. The summed E-state index contributed by atoms with van der Waals surface area (Å²) < 4.78 is 11.0. The van der Waals surface area contributed by atoms with Crippen LogP contribution in [0.5, 0.6) is 0 Å². The van der Waals surface area contributed by atoms with E-state index in [-0.39, 0.29) is 5.91 Å². The van der Waals surface area contributed by atoms with Gasteiger partial charge in [-0.3, -0.25) is 14.6 Å². The fourth-order valence-electron chi connectivity index (χ4n) is 3.35. The molecule has 1 aromatic rings. The molecule has 1 atom stereocenters. The zero-order valence-electron chi connectivity index (χ0n) is 14.7. The molecule has 7 nitrogen and oxygen atoms in total. The molecule has 2 aliphatic rings. The Morgan fingerprint density at radius 1 is 1.38 bits per heavy atom. The van der Waals surface area contributed by atoms with Gasteiger partial charge in [-0.15, -0.1) is 0 Å². The van der Waals surface area contributed by atoms with Gasteiger partial charge in [-0.2, -0.15) is 0 Å². The first-order valence-electron chi connectivity index (χ1n) is 8.87. The van der Waals surface area contributed by atoms with Crippen LogP contribution >= 0.6 is 0 Å². The lowest BCUT2D eigenvalue weighted by atomic mass is 10.2. The van der Waals surface area contributed by atoms with Crippen LogP contribution in [-0.2, 0) is 22.5 Å². The summed E-state index contributed by atoms with van der Waals surface area (Å²) in [5.41, 5.74) is 0. The van der Waals surface area contributed by atoms with Crippen LogP contribution in [0.2, 0.25) is 0 Å². The SMILES string of the molecule is CCc1cnc(CN(C)[C@H]2CCN(CC(=O)N3CCOCC3)C2)o1. The third kappa shape index (κ3) is 4.34. The fourth-order valence-corrected chi connectivity index (χ4v) is 3.35. The molecule has 0 N–H and O–H groups in total. The van der Waals surface area contributed by atoms with Crippen molar-refractivity contribution in [3.8, 4) is 0 Å². The number of ether oxygens (including phenoxy) is 1. The summed E-state index contributed by atoms with van der Waals surface area (Å²) in [6.45, 7) is 7.96. The van der Waals surface area contributed by atoms with E-state index in [1.165, 1.54) is 0 Å². The fraction of sp³-hybridized carbons (Fsp3) is 0.765. The second kappa shape index (κ2) is 8.09. The van der Waals surface area contributed by atoms with Gasteiger partial charge in [-0.05, 0) is 13.5 Å². The van der Waals surface area contributed by atoms with Gasteiger partial charge in [0, 0.05) is 38.6 Å². The minimum Gasteiger partial charge on any atom is -0.444 e. The molecule has 7 heteroatoms. The molecule has 24 heavy (non-hydrogen) atoms. The van der Waals surface area contributed by atoms with Gasteiger partial charge in [-0.25, -0.2) is 4.98 Å². The summed E-state index contributed by atoms with van der Waals surface area (Å²) in [6.07, 6.45) is 3.76. The van der Waals surface area contributed by atoms with Crippen LogP contribution in [0.1, 0.15) is 25.0 Å². The average Bonchev–Trinajstić information content (AvgIpc) is 3.25. The molecule has 0 radical (unpaired) electrons. The highest BCUT2D eigenvalue weighted by atomic mass is 16.5. The number of hydrogen-bond acceptors (Lipinski definition) is 6. The van der Waals surface area contributed by atoms with Gasteiger partial charge in [0.05, 0.1) is 32.5 Å². The van der Waals surface area contributed by atoms with Gasteiger partial charge in [-0.1, -0.05) is 6.92 Å². The van der Waals surface area contributed by atoms with Crippen molar-refractivity contribution in [2.45, 2.75) is 32.4 Å². The summed E-state index contributed by atoms with van der Waals surface area (Å²) in [6, 6.07) is 0.444. The third-order valence-corrected chi connectivity index (χ3v) is 4.93. The van der Waals surface area contributed by atoms with Crippen molar-refractivity contribution in [2.75, 3.05) is 53.0 Å². The lowest BCUT2D eigenvalue weighted by Crippen LogP contribution is -2.45. The zero-order valence-corrected chi connectivity index (χ0v) is 14.7. The Balaban J connectivity index is 1.44. The molecule has 1 aromatic heterocycles. The summed E-state index contributed by atoms with van der Waals surface area (Å²) in [7, 11) is 2.10. The van der Waals surface area contributed by atoms with Crippen LogP contribution < -0.4 is 0 Å². The van der Waals surface area contributed by atoms with Gasteiger partial charge in [0.1, 0.15) is 5.76 Å². The molecule has 134 valence electrons. The summed E-state index contributed by atoms with van der Waals surface area (Å²) in [5, 5.41) is 0. The quantitative estimate of drug-likeness (QED) is 0.758. The first-order chi connectivity index (χ1) is 11.7. The molecular weight excluding hydrogens is 308 g/mol. The highest BCUT2D eigenvalue weighted by Crippen LogP contribution is 2.17. The highest BCUT2D eigenvalue weighted by molar-refractivity contribution is 5.78. The smallest absolute Gasteiger partial charge is 0.236 e. The van der Waals surface area contributed by atoms with Gasteiger partial charge in [0.15, 0.2) is 0 Å². The van der Waals surface area contributed by atoms with Crippen molar-refractivity contribution < 1.29 is 13.9 Å². The van der Waals surface area contributed by atoms with Crippen molar-refractivity contribution in [1.29, 1.82) is 0 Å². The Morgan fingerprint density at radius 3 is 2.88 bits per heavy atom. The number of morpholine rings is 1. The molecule has 2 fully saturated rings. The average molecular weight is 336 g/mol. The number of rotatable bonds is 6. The van der Waals surface area contributed by atoms with E-state index in [1.54, 1.807) is 0 Å². The van der Waals surface area contributed by atoms with Crippen LogP contribution in [-0.4, -0.2) is 84.6 Å². The Bertz CT molecular complexity index is 542. The maximum atomic E-state index is 12.3. The lowest BCUT2D eigenvalue weighted by Gasteiger charge is -2.29. The third-order valence-electron chi connectivity index (χ3n) is 4.93. The number of aromatic nitrogens is 1. The molecule has 3 heterocycles. The van der Waals surface area contributed by atoms with E-state index in [9.17, 15) is 4.79 Å². The van der Waals surface area contributed by atoms with E-state index in [0.29, 0.717) is 25.8 Å². The molecule has 2 saturated heterocycles. The minimum absolute atomic E-state index is 0.224. The van der Waals surface area contributed by atoms with Crippen molar-refractivity contribution in [3.63, 3.8) is 0 Å². The van der Waals surface area contributed by atoms with Gasteiger partial charge in [0.25, 0.3) is 0 Å². The number of hydrogen-bond donors (Lipinski definition) is 0. The van der Waals surface area contributed by atoms with E-state index in [1.807, 2.05) is 11.1 Å². The molecule has 0 aliphatic carbocycles. The second-order valence-electron chi connectivity index (χ2n) is 6.66. The van der Waals surface area contributed by atoms with Crippen molar-refractivity contribution in [3.05, 3.63) is 17.8 Å². The zero-order chi connectivity index (χ0) is 16.9. The molecule has 0 saturated carbocycles. The molecule has 2 aliphatic heterocycles. The molecular formula is C17H28N4O3. The van der Waals surface area contributed by atoms with Crippen LogP contribution in [0.15, 0.2) is 10.6 Å². The summed E-state index contributed by atoms with van der Waals surface area (Å²) in [5.74, 6) is 1.93. The van der Waals surface area contributed by atoms with E-state index < -0.39 is 0 Å². The number of likely N-dealkylation sites (N-methyl/N-ethyl adjacent to an activating group) is 1. The first-order valence-corrected chi connectivity index (χ1v) is 8.87. The van der Waals surface area contributed by atoms with Gasteiger partial charge < -0.3 is 14.1 Å². The van der Waals surface area contributed by atoms with Crippen molar-refractivity contribution in [1.82, 2.24) is 19.7 Å². The number of likely N-dealkylation sites (tertiary alicyclic amines) is 1. The van der Waals surface area contributed by atoms with E-state index >= 15 is 0 Å². The number of carbonyl (C=O) groups is 1. The van der Waals surface area contributed by atoms with Crippen LogP contribution in [0, 0.1) is 0 Å². The molecule has 0 aromatic carbocycles. The molecule has 0 unspecified atom stereocenters. The maximum Gasteiger partial charge on any atom is 0.236 e. The lowest BCUT2D eigenvalue weighted by molar-refractivity contribution is -0.136. The number of carbonyl (C=O) groups excluding carboxylic acids is 1. The molecule has 0 bridgehead atoms. The topological polar surface area (TPSA) is 62.1 Å². The van der Waals surface area contributed by atoms with Crippen molar-refractivity contribution in [2.24, 2.45) is 0 Å². The van der Waals surface area contributed by atoms with Crippen LogP contribution in [0.25, 0.3) is 0 Å². The minimum atomic E-state index is 0.224. The Morgan fingerprint density at radius 2 is 2.17 bits per heavy atom.